The number of benzene rings is 4. The molecule has 1 aliphatic carbocycles. The summed E-state index contributed by atoms with van der Waals surface area (Å²) in [6, 6.07) is 34.1. The van der Waals surface area contributed by atoms with Crippen LogP contribution >= 0.6 is 0 Å². The van der Waals surface area contributed by atoms with Gasteiger partial charge in [0.25, 0.3) is 0 Å². The Kier molecular flexibility index (Phi) is 5.68. The summed E-state index contributed by atoms with van der Waals surface area (Å²) < 4.78 is 4.13. The number of fused-ring (bicyclic) bond motifs is 4. The van der Waals surface area contributed by atoms with Gasteiger partial charge < -0.3 is 9.13 Å². The van der Waals surface area contributed by atoms with Crippen LogP contribution in [0.4, 0.5) is 0 Å². The summed E-state index contributed by atoms with van der Waals surface area (Å²) in [5, 5.41) is 0. The number of rotatable bonds is 2. The average molecular weight is 602 g/mol. The van der Waals surface area contributed by atoms with E-state index in [1.807, 2.05) is 11.6 Å². The van der Waals surface area contributed by atoms with Gasteiger partial charge >= 0.3 is 0 Å². The van der Waals surface area contributed by atoms with Gasteiger partial charge in [0.1, 0.15) is 0 Å². The summed E-state index contributed by atoms with van der Waals surface area (Å²) >= 11 is 0. The SMILES string of the molecule is Cn1[c-][n+](/C2=C/c3ccccc3-c3cccc(-c4ccccc4)c3C=[C-]2)c2ccccc21.[Ir]. The van der Waals surface area contributed by atoms with Crippen LogP contribution < -0.4 is 4.57 Å². The Balaban J connectivity index is 0.00000228. The van der Waals surface area contributed by atoms with Gasteiger partial charge in [0, 0.05) is 20.1 Å². The summed E-state index contributed by atoms with van der Waals surface area (Å²) in [7, 11) is 2.03. The molecule has 0 saturated heterocycles. The molecule has 1 aromatic heterocycles. The van der Waals surface area contributed by atoms with Crippen LogP contribution in [0.1, 0.15) is 11.1 Å². The zero-order chi connectivity index (χ0) is 21.5. The second-order valence-corrected chi connectivity index (χ2v) is 8.02. The van der Waals surface area contributed by atoms with Gasteiger partial charge in [0.05, 0.1) is 18.1 Å². The second-order valence-electron chi connectivity index (χ2n) is 8.02. The van der Waals surface area contributed by atoms with Crippen molar-refractivity contribution < 1.29 is 24.7 Å². The molecular weight excluding hydrogens is 581 g/mol. The maximum absolute atomic E-state index is 3.61. The van der Waals surface area contributed by atoms with Gasteiger partial charge in [0.2, 0.25) is 6.33 Å². The first kappa shape index (κ1) is 21.3. The molecule has 6 rings (SSSR count). The predicted molar refractivity (Wildman–Crippen MR) is 131 cm³/mol. The van der Waals surface area contributed by atoms with Crippen molar-refractivity contribution in [2.45, 2.75) is 0 Å². The van der Waals surface area contributed by atoms with Crippen molar-refractivity contribution in [2.75, 3.05) is 0 Å². The van der Waals surface area contributed by atoms with Gasteiger partial charge in [-0.1, -0.05) is 119 Å². The van der Waals surface area contributed by atoms with Gasteiger partial charge in [-0.25, -0.2) is 0 Å². The van der Waals surface area contributed by atoms with Crippen LogP contribution in [0.5, 0.6) is 0 Å². The van der Waals surface area contributed by atoms with Gasteiger partial charge in [-0.15, -0.1) is 11.6 Å². The van der Waals surface area contributed by atoms with Crippen LogP contribution in [-0.4, -0.2) is 4.57 Å². The fourth-order valence-corrected chi connectivity index (χ4v) is 4.54. The molecule has 1 heterocycles. The standard InChI is InChI=1S/C30H21N2.Ir/c1-31-21-32(30-17-8-7-16-29(30)31)24-18-19-28-25(22-10-3-2-4-11-22)14-9-15-27(28)26-13-6-5-12-23(26)20-24;/h2-17,19-20H,1H3;/q-1;/b23-20?,24-20+,27-26?,28-19?;. The minimum absolute atomic E-state index is 0. The van der Waals surface area contributed by atoms with E-state index in [0.29, 0.717) is 0 Å². The molecule has 0 atom stereocenters. The number of allylic oxidation sites excluding steroid dienone is 2. The molecule has 0 fully saturated rings. The van der Waals surface area contributed by atoms with Crippen molar-refractivity contribution in [3.63, 3.8) is 0 Å². The number of nitrogens with zero attached hydrogens (tertiary/aromatic N) is 2. The molecule has 161 valence electrons. The number of imidazole rings is 1. The van der Waals surface area contributed by atoms with Crippen molar-refractivity contribution >= 4 is 28.9 Å². The number of para-hydroxylation sites is 2. The Labute approximate surface area is 207 Å². The average Bonchev–Trinajstić information content (AvgIpc) is 3.17. The number of hydrogen-bond donors (Lipinski definition) is 0. The third-order valence-electron chi connectivity index (χ3n) is 6.07. The molecule has 0 spiro atoms. The number of hydrogen-bond acceptors (Lipinski definition) is 0. The maximum atomic E-state index is 3.61. The van der Waals surface area contributed by atoms with Crippen LogP contribution in [0.2, 0.25) is 0 Å². The van der Waals surface area contributed by atoms with Crippen molar-refractivity contribution in [1.29, 1.82) is 0 Å². The molecule has 4 aromatic carbocycles. The first-order valence-electron chi connectivity index (χ1n) is 10.8. The van der Waals surface area contributed by atoms with Crippen LogP contribution in [0, 0.1) is 12.4 Å². The summed E-state index contributed by atoms with van der Waals surface area (Å²) in [6.07, 6.45) is 11.4. The summed E-state index contributed by atoms with van der Waals surface area (Å²) in [5.74, 6) is 0. The van der Waals surface area contributed by atoms with E-state index in [2.05, 4.69) is 126 Å². The molecule has 1 radical (unpaired) electrons. The smallest absolute Gasteiger partial charge is 0.242 e. The van der Waals surface area contributed by atoms with Gasteiger partial charge in [-0.3, -0.25) is 0 Å². The van der Waals surface area contributed by atoms with E-state index < -0.39 is 0 Å². The molecule has 0 N–H and O–H groups in total. The monoisotopic (exact) mass is 602 g/mol. The largest absolute Gasteiger partial charge is 0.342 e. The zero-order valence-electron chi connectivity index (χ0n) is 18.1. The van der Waals surface area contributed by atoms with E-state index in [4.69, 9.17) is 0 Å². The molecule has 1 aliphatic rings. The summed E-state index contributed by atoms with van der Waals surface area (Å²) in [4.78, 5) is 0. The van der Waals surface area contributed by atoms with E-state index in [0.717, 1.165) is 16.7 Å². The molecule has 0 unspecified atom stereocenters. The molecule has 0 saturated carbocycles. The van der Waals surface area contributed by atoms with E-state index in [1.165, 1.54) is 33.4 Å². The minimum Gasteiger partial charge on any atom is -0.342 e. The molecule has 0 amide bonds. The van der Waals surface area contributed by atoms with E-state index in [9.17, 15) is 0 Å². The van der Waals surface area contributed by atoms with Crippen molar-refractivity contribution in [3.05, 3.63) is 121 Å². The number of aryl methyl sites for hydroxylation is 1. The zero-order valence-corrected chi connectivity index (χ0v) is 20.5. The predicted octanol–water partition coefficient (Wildman–Crippen LogP) is 6.43. The molecule has 5 aromatic rings. The van der Waals surface area contributed by atoms with Gasteiger partial charge in [-0.05, 0) is 11.1 Å². The quantitative estimate of drug-likeness (QED) is 0.163. The molecule has 2 nitrogen and oxygen atoms in total. The van der Waals surface area contributed by atoms with Gasteiger partial charge in [-0.2, -0.15) is 12.2 Å². The summed E-state index contributed by atoms with van der Waals surface area (Å²) in [6.45, 7) is 0. The topological polar surface area (TPSA) is 8.81 Å². The van der Waals surface area contributed by atoms with Crippen LogP contribution in [-0.2, 0) is 27.2 Å². The Bertz CT molecular complexity index is 1520. The van der Waals surface area contributed by atoms with Crippen molar-refractivity contribution in [1.82, 2.24) is 4.57 Å². The fourth-order valence-electron chi connectivity index (χ4n) is 4.54. The van der Waals surface area contributed by atoms with E-state index in [-0.39, 0.29) is 20.1 Å². The van der Waals surface area contributed by atoms with Crippen LogP contribution in [0.25, 0.3) is 51.1 Å². The third kappa shape index (κ3) is 3.70. The minimum atomic E-state index is 0. The third-order valence-corrected chi connectivity index (χ3v) is 6.07. The maximum Gasteiger partial charge on any atom is 0.242 e. The van der Waals surface area contributed by atoms with E-state index >= 15 is 0 Å². The molecule has 0 aliphatic heterocycles. The van der Waals surface area contributed by atoms with Crippen LogP contribution in [0.3, 0.4) is 0 Å². The van der Waals surface area contributed by atoms with Crippen molar-refractivity contribution in [3.8, 4) is 22.3 Å². The Morgan fingerprint density at radius 2 is 1.39 bits per heavy atom. The van der Waals surface area contributed by atoms with Crippen LogP contribution in [0.15, 0.2) is 97.1 Å². The van der Waals surface area contributed by atoms with Crippen molar-refractivity contribution in [2.24, 2.45) is 7.05 Å². The summed E-state index contributed by atoms with van der Waals surface area (Å²) in [5.41, 5.74) is 10.4. The normalized spacial score (nSPS) is 13.8. The first-order chi connectivity index (χ1) is 15.8. The Hall–Kier alpha value is -3.52. The molecule has 0 bridgehead atoms. The Morgan fingerprint density at radius 1 is 0.697 bits per heavy atom. The molecule has 3 heteroatoms. The second kappa shape index (κ2) is 8.78. The Morgan fingerprint density at radius 3 is 2.27 bits per heavy atom. The fraction of sp³-hybridized carbons (Fsp3) is 0.0333. The number of aromatic nitrogens is 2. The van der Waals surface area contributed by atoms with Gasteiger partial charge in [0.15, 0.2) is 0 Å². The molecule has 33 heavy (non-hydrogen) atoms. The van der Waals surface area contributed by atoms with E-state index in [1.54, 1.807) is 0 Å². The molecular formula is C30H21IrN2-. The first-order valence-corrected chi connectivity index (χ1v) is 10.8.